The minimum Gasteiger partial charge on any atom is -0.344 e. The monoisotopic (exact) mass is 520 g/mol. The first-order chi connectivity index (χ1) is 16.4. The van der Waals surface area contributed by atoms with Crippen molar-refractivity contribution in [1.29, 1.82) is 0 Å². The molecule has 4 aliphatic rings. The Hall–Kier alpha value is -2.23. The van der Waals surface area contributed by atoms with Gasteiger partial charge in [0.15, 0.2) is 0 Å². The van der Waals surface area contributed by atoms with Crippen LogP contribution in [0.25, 0.3) is 0 Å². The highest BCUT2D eigenvalue weighted by Gasteiger charge is 2.39. The van der Waals surface area contributed by atoms with E-state index in [2.05, 4.69) is 27.9 Å². The summed E-state index contributed by atoms with van der Waals surface area (Å²) in [4.78, 5) is 38.1. The van der Waals surface area contributed by atoms with E-state index in [9.17, 15) is 9.59 Å². The van der Waals surface area contributed by atoms with Crippen LogP contribution in [0.3, 0.4) is 0 Å². The quantitative estimate of drug-likeness (QED) is 0.639. The maximum Gasteiger partial charge on any atom is 0.245 e. The van der Waals surface area contributed by atoms with E-state index in [0.29, 0.717) is 55.6 Å². The number of nitrogens with one attached hydrogen (secondary N) is 2. The Labute approximate surface area is 212 Å². The normalized spacial score (nSPS) is 27.8. The number of carbonyl (C=O) groups is 2. The Balaban J connectivity index is 1.27. The third-order valence-electron chi connectivity index (χ3n) is 6.57. The SMILES string of the molecule is CC1=CSC2N=C(N3CCN(C(=O)C4CCC(=O)N4)CC3)NC(=NCc3ccc(Cl)cc3Cl)C12. The fourth-order valence-electron chi connectivity index (χ4n) is 4.63. The molecule has 3 atom stereocenters. The van der Waals surface area contributed by atoms with Crippen LogP contribution in [0.1, 0.15) is 25.3 Å². The molecule has 0 aromatic heterocycles. The van der Waals surface area contributed by atoms with Gasteiger partial charge in [0.1, 0.15) is 17.3 Å². The van der Waals surface area contributed by atoms with Gasteiger partial charge < -0.3 is 20.4 Å². The van der Waals surface area contributed by atoms with Crippen LogP contribution in [0.5, 0.6) is 0 Å². The van der Waals surface area contributed by atoms with Gasteiger partial charge in [-0.2, -0.15) is 0 Å². The zero-order valence-corrected chi connectivity index (χ0v) is 21.1. The molecular formula is C23H26Cl2N6O2S. The number of amidine groups is 1. The summed E-state index contributed by atoms with van der Waals surface area (Å²) < 4.78 is 0. The van der Waals surface area contributed by atoms with Crippen LogP contribution in [-0.2, 0) is 16.1 Å². The van der Waals surface area contributed by atoms with Gasteiger partial charge in [-0.25, -0.2) is 4.99 Å². The van der Waals surface area contributed by atoms with Crippen molar-refractivity contribution in [2.24, 2.45) is 15.9 Å². The summed E-state index contributed by atoms with van der Waals surface area (Å²) in [5.74, 6) is 1.74. The van der Waals surface area contributed by atoms with Crippen molar-refractivity contribution in [3.63, 3.8) is 0 Å². The molecule has 8 nitrogen and oxygen atoms in total. The first-order valence-electron chi connectivity index (χ1n) is 11.4. The number of thioether (sulfide) groups is 1. The number of piperazine rings is 1. The number of carbonyl (C=O) groups excluding carboxylic acids is 2. The van der Waals surface area contributed by atoms with Crippen LogP contribution in [0.15, 0.2) is 39.2 Å². The third kappa shape index (κ3) is 4.78. The highest BCUT2D eigenvalue weighted by molar-refractivity contribution is 8.03. The Bertz CT molecular complexity index is 1100. The second-order valence-corrected chi connectivity index (χ2v) is 10.7. The largest absolute Gasteiger partial charge is 0.344 e. The average molecular weight is 521 g/mol. The number of hydrogen-bond donors (Lipinski definition) is 2. The second kappa shape index (κ2) is 9.79. The van der Waals surface area contributed by atoms with Crippen LogP contribution >= 0.6 is 35.0 Å². The van der Waals surface area contributed by atoms with Gasteiger partial charge in [-0.1, -0.05) is 34.8 Å². The Morgan fingerprint density at radius 2 is 2.06 bits per heavy atom. The minimum absolute atomic E-state index is 0.0115. The molecule has 5 rings (SSSR count). The van der Waals surface area contributed by atoms with Crippen molar-refractivity contribution >= 4 is 58.6 Å². The molecule has 2 saturated heterocycles. The van der Waals surface area contributed by atoms with Crippen LogP contribution in [0, 0.1) is 5.92 Å². The highest BCUT2D eigenvalue weighted by atomic mass is 35.5. The molecule has 4 heterocycles. The minimum atomic E-state index is -0.382. The number of nitrogens with zero attached hydrogens (tertiary/aromatic N) is 4. The zero-order valence-electron chi connectivity index (χ0n) is 18.8. The van der Waals surface area contributed by atoms with Crippen LogP contribution < -0.4 is 10.6 Å². The lowest BCUT2D eigenvalue weighted by molar-refractivity contribution is -0.135. The molecule has 2 fully saturated rings. The van der Waals surface area contributed by atoms with Crippen molar-refractivity contribution in [3.05, 3.63) is 44.8 Å². The van der Waals surface area contributed by atoms with Gasteiger partial charge in [0.25, 0.3) is 0 Å². The third-order valence-corrected chi connectivity index (χ3v) is 8.32. The first kappa shape index (κ1) is 23.5. The van der Waals surface area contributed by atoms with E-state index in [-0.39, 0.29) is 29.1 Å². The molecular weight excluding hydrogens is 495 g/mol. The lowest BCUT2D eigenvalue weighted by Crippen LogP contribution is -2.59. The predicted octanol–water partition coefficient (Wildman–Crippen LogP) is 2.87. The molecule has 0 bridgehead atoms. The molecule has 4 aliphatic heterocycles. The summed E-state index contributed by atoms with van der Waals surface area (Å²) in [5.41, 5.74) is 2.15. The molecule has 11 heteroatoms. The van der Waals surface area contributed by atoms with Crippen molar-refractivity contribution in [2.45, 2.75) is 37.7 Å². The lowest BCUT2D eigenvalue weighted by atomic mass is 9.99. The maximum absolute atomic E-state index is 12.7. The van der Waals surface area contributed by atoms with E-state index < -0.39 is 0 Å². The van der Waals surface area contributed by atoms with Gasteiger partial charge >= 0.3 is 0 Å². The Kier molecular flexibility index (Phi) is 6.77. The van der Waals surface area contributed by atoms with E-state index in [1.165, 1.54) is 5.57 Å². The summed E-state index contributed by atoms with van der Waals surface area (Å²) in [6.07, 6.45) is 1.00. The Morgan fingerprint density at radius 3 is 2.76 bits per heavy atom. The van der Waals surface area contributed by atoms with Gasteiger partial charge in [-0.05, 0) is 36.4 Å². The maximum atomic E-state index is 12.7. The number of amides is 2. The number of rotatable bonds is 3. The summed E-state index contributed by atoms with van der Waals surface area (Å²) in [6.45, 7) is 5.08. The van der Waals surface area contributed by atoms with Crippen molar-refractivity contribution in [1.82, 2.24) is 20.4 Å². The molecule has 0 aliphatic carbocycles. The fourth-order valence-corrected chi connectivity index (χ4v) is 6.26. The first-order valence-corrected chi connectivity index (χ1v) is 13.1. The van der Waals surface area contributed by atoms with E-state index in [4.69, 9.17) is 33.2 Å². The number of fused-ring (bicyclic) bond motifs is 1. The van der Waals surface area contributed by atoms with E-state index in [1.54, 1.807) is 17.8 Å². The van der Waals surface area contributed by atoms with Crippen molar-refractivity contribution < 1.29 is 9.59 Å². The summed E-state index contributed by atoms with van der Waals surface area (Å²) in [5, 5.41) is 9.65. The molecule has 1 aromatic carbocycles. The highest BCUT2D eigenvalue weighted by Crippen LogP contribution is 2.39. The van der Waals surface area contributed by atoms with Gasteiger partial charge in [0, 0.05) is 42.6 Å². The number of guanidine groups is 1. The number of halogens is 2. The number of hydrogen-bond acceptors (Lipinski definition) is 6. The molecule has 0 saturated carbocycles. The standard InChI is InChI=1S/C23H26Cl2N6O2S/c1-13-12-34-21-19(13)20(26-11-14-2-3-15(24)10-16(14)25)28-23(29-21)31-8-6-30(7-9-31)22(33)17-4-5-18(32)27-17/h2-3,10,12,17,19,21H,4-9,11H2,1H3,(H,27,32)(H,26,28,29). The van der Waals surface area contributed by atoms with E-state index >= 15 is 0 Å². The van der Waals surface area contributed by atoms with Gasteiger partial charge in [0.05, 0.1) is 12.5 Å². The number of benzene rings is 1. The van der Waals surface area contributed by atoms with Gasteiger partial charge in [-0.15, -0.1) is 11.8 Å². The smallest absolute Gasteiger partial charge is 0.245 e. The number of aliphatic imine (C=N–C) groups is 2. The molecule has 1 aromatic rings. The van der Waals surface area contributed by atoms with Crippen molar-refractivity contribution in [3.8, 4) is 0 Å². The predicted molar refractivity (Wildman–Crippen MR) is 136 cm³/mol. The molecule has 3 unspecified atom stereocenters. The van der Waals surface area contributed by atoms with Crippen LogP contribution in [0.4, 0.5) is 0 Å². The molecule has 2 amide bonds. The Morgan fingerprint density at radius 1 is 1.26 bits per heavy atom. The zero-order chi connectivity index (χ0) is 23.8. The topological polar surface area (TPSA) is 89.4 Å². The van der Waals surface area contributed by atoms with E-state index in [1.807, 2.05) is 17.0 Å². The average Bonchev–Trinajstić information content (AvgIpc) is 3.43. The second-order valence-electron chi connectivity index (χ2n) is 8.85. The summed E-state index contributed by atoms with van der Waals surface area (Å²) >= 11 is 14.1. The molecule has 0 spiro atoms. The van der Waals surface area contributed by atoms with Gasteiger partial charge in [0.2, 0.25) is 17.8 Å². The van der Waals surface area contributed by atoms with Crippen LogP contribution in [0.2, 0.25) is 10.0 Å². The lowest BCUT2D eigenvalue weighted by Gasteiger charge is -2.39. The van der Waals surface area contributed by atoms with Crippen molar-refractivity contribution in [2.75, 3.05) is 26.2 Å². The molecule has 0 radical (unpaired) electrons. The fraction of sp³-hybridized carbons (Fsp3) is 0.478. The molecule has 180 valence electrons. The molecule has 34 heavy (non-hydrogen) atoms. The summed E-state index contributed by atoms with van der Waals surface area (Å²) in [7, 11) is 0. The van der Waals surface area contributed by atoms with E-state index in [0.717, 1.165) is 17.4 Å². The summed E-state index contributed by atoms with van der Waals surface area (Å²) in [6, 6.07) is 5.07. The molecule has 2 N–H and O–H groups in total. The van der Waals surface area contributed by atoms with Crippen LogP contribution in [-0.4, -0.2) is 71.0 Å². The van der Waals surface area contributed by atoms with Gasteiger partial charge in [-0.3, -0.25) is 14.6 Å².